The van der Waals surface area contributed by atoms with E-state index in [-0.39, 0.29) is 17.5 Å². The molecular weight excluding hydrogens is 284 g/mol. The third-order valence-electron chi connectivity index (χ3n) is 3.94. The van der Waals surface area contributed by atoms with Gasteiger partial charge in [-0.15, -0.1) is 0 Å². The molecule has 6 nitrogen and oxygen atoms in total. The number of hydrogen-bond donors (Lipinski definition) is 2. The first kappa shape index (κ1) is 14.3. The number of aliphatic carboxylic acids is 1. The van der Waals surface area contributed by atoms with Crippen molar-refractivity contribution in [3.8, 4) is 0 Å². The van der Waals surface area contributed by atoms with Gasteiger partial charge in [-0.25, -0.2) is 4.79 Å². The number of amides is 1. The minimum atomic E-state index is -1.03. The lowest BCUT2D eigenvalue weighted by Gasteiger charge is -2.26. The van der Waals surface area contributed by atoms with Gasteiger partial charge in [-0.05, 0) is 37.3 Å². The Morgan fingerprint density at radius 1 is 1.27 bits per heavy atom. The molecule has 1 aromatic heterocycles. The number of nitrogens with zero attached hydrogens (tertiary/aromatic N) is 1. The molecule has 114 valence electrons. The number of benzene rings is 1. The normalized spacial score (nSPS) is 15.5. The highest BCUT2D eigenvalue weighted by molar-refractivity contribution is 6.06. The number of nitrogens with one attached hydrogen (secondary N) is 1. The molecule has 0 aliphatic heterocycles. The van der Waals surface area contributed by atoms with Crippen molar-refractivity contribution in [3.05, 3.63) is 46.2 Å². The highest BCUT2D eigenvalue weighted by Crippen LogP contribution is 2.31. The summed E-state index contributed by atoms with van der Waals surface area (Å²) in [6, 6.07) is 7.25. The Morgan fingerprint density at radius 3 is 2.64 bits per heavy atom. The molecule has 1 unspecified atom stereocenters. The lowest BCUT2D eigenvalue weighted by molar-refractivity contribution is -0.141. The van der Waals surface area contributed by atoms with E-state index in [0.717, 1.165) is 18.2 Å². The number of para-hydroxylation sites is 1. The molecule has 22 heavy (non-hydrogen) atoms. The van der Waals surface area contributed by atoms with Crippen LogP contribution >= 0.6 is 0 Å². The number of rotatable bonds is 4. The number of pyridine rings is 1. The Balaban J connectivity index is 2.09. The van der Waals surface area contributed by atoms with Crippen LogP contribution in [-0.4, -0.2) is 39.0 Å². The predicted molar refractivity (Wildman–Crippen MR) is 80.9 cm³/mol. The first-order chi connectivity index (χ1) is 10.5. The van der Waals surface area contributed by atoms with E-state index in [1.54, 1.807) is 24.3 Å². The summed E-state index contributed by atoms with van der Waals surface area (Å²) in [6.45, 7) is 1.51. The molecule has 1 heterocycles. The molecule has 1 fully saturated rings. The van der Waals surface area contributed by atoms with Gasteiger partial charge in [0.25, 0.3) is 5.91 Å². The van der Waals surface area contributed by atoms with Crippen LogP contribution in [0.1, 0.15) is 30.1 Å². The summed E-state index contributed by atoms with van der Waals surface area (Å²) in [7, 11) is 0. The zero-order valence-electron chi connectivity index (χ0n) is 12.1. The van der Waals surface area contributed by atoms with Crippen LogP contribution in [0.15, 0.2) is 35.1 Å². The maximum absolute atomic E-state index is 12.8. The van der Waals surface area contributed by atoms with Crippen LogP contribution in [0.3, 0.4) is 0 Å². The third kappa shape index (κ3) is 2.47. The van der Waals surface area contributed by atoms with E-state index >= 15 is 0 Å². The number of hydrogen-bond acceptors (Lipinski definition) is 3. The second-order valence-corrected chi connectivity index (χ2v) is 5.55. The van der Waals surface area contributed by atoms with E-state index in [4.69, 9.17) is 0 Å². The van der Waals surface area contributed by atoms with Crippen molar-refractivity contribution in [1.82, 2.24) is 9.88 Å². The number of fused-ring (bicyclic) bond motifs is 1. The third-order valence-corrected chi connectivity index (χ3v) is 3.94. The van der Waals surface area contributed by atoms with E-state index in [1.165, 1.54) is 17.9 Å². The molecular formula is C16H16N2O4. The zero-order valence-corrected chi connectivity index (χ0v) is 12.1. The minimum absolute atomic E-state index is 0.0377. The lowest BCUT2D eigenvalue weighted by Crippen LogP contribution is -2.44. The van der Waals surface area contributed by atoms with Crippen LogP contribution in [0.4, 0.5) is 0 Å². The summed E-state index contributed by atoms with van der Waals surface area (Å²) >= 11 is 0. The fourth-order valence-electron chi connectivity index (χ4n) is 2.63. The fraction of sp³-hybridized carbons (Fsp3) is 0.312. The van der Waals surface area contributed by atoms with Gasteiger partial charge in [-0.3, -0.25) is 9.59 Å². The average molecular weight is 300 g/mol. The molecule has 1 atom stereocenters. The highest BCUT2D eigenvalue weighted by atomic mass is 16.4. The van der Waals surface area contributed by atoms with Crippen molar-refractivity contribution in [2.24, 2.45) is 0 Å². The maximum atomic E-state index is 12.8. The molecule has 0 radical (unpaired) electrons. The van der Waals surface area contributed by atoms with Gasteiger partial charge in [0.2, 0.25) is 5.56 Å². The Kier molecular flexibility index (Phi) is 3.44. The fourth-order valence-corrected chi connectivity index (χ4v) is 2.63. The Morgan fingerprint density at radius 2 is 2.00 bits per heavy atom. The summed E-state index contributed by atoms with van der Waals surface area (Å²) in [5.74, 6) is -1.39. The van der Waals surface area contributed by atoms with Gasteiger partial charge in [0.15, 0.2) is 0 Å². The molecule has 1 aromatic carbocycles. The van der Waals surface area contributed by atoms with E-state index in [2.05, 4.69) is 4.98 Å². The smallest absolute Gasteiger partial charge is 0.326 e. The molecule has 1 aliphatic rings. The minimum Gasteiger partial charge on any atom is -0.480 e. The van der Waals surface area contributed by atoms with E-state index in [9.17, 15) is 19.5 Å². The van der Waals surface area contributed by atoms with Gasteiger partial charge in [-0.2, -0.15) is 0 Å². The van der Waals surface area contributed by atoms with Crippen LogP contribution in [0.25, 0.3) is 10.9 Å². The summed E-state index contributed by atoms with van der Waals surface area (Å²) in [5.41, 5.74) is 0.482. The maximum Gasteiger partial charge on any atom is 0.326 e. The van der Waals surface area contributed by atoms with Crippen molar-refractivity contribution in [2.45, 2.75) is 31.8 Å². The lowest BCUT2D eigenvalue weighted by atomic mass is 10.1. The van der Waals surface area contributed by atoms with E-state index in [0.29, 0.717) is 11.1 Å². The van der Waals surface area contributed by atoms with Crippen LogP contribution in [-0.2, 0) is 4.79 Å². The van der Waals surface area contributed by atoms with Gasteiger partial charge in [-0.1, -0.05) is 12.1 Å². The summed E-state index contributed by atoms with van der Waals surface area (Å²) in [5, 5.41) is 9.97. The first-order valence-corrected chi connectivity index (χ1v) is 7.16. The second kappa shape index (κ2) is 5.29. The van der Waals surface area contributed by atoms with Crippen molar-refractivity contribution in [2.75, 3.05) is 0 Å². The Bertz CT molecular complexity index is 807. The van der Waals surface area contributed by atoms with Crippen LogP contribution in [0.5, 0.6) is 0 Å². The molecule has 0 saturated heterocycles. The number of carbonyl (C=O) groups is 2. The number of carboxylic acid groups (broad SMARTS) is 1. The van der Waals surface area contributed by atoms with E-state index in [1.807, 2.05) is 0 Å². The molecule has 1 aliphatic carbocycles. The van der Waals surface area contributed by atoms with Gasteiger partial charge in [0, 0.05) is 12.1 Å². The standard InChI is InChI=1S/C16H16N2O4/c1-9(16(21)22)18(11-6-7-11)15(20)12-4-2-3-10-5-8-13(19)17-14(10)12/h2-5,8-9,11H,6-7H2,1H3,(H,17,19)(H,21,22). The summed E-state index contributed by atoms with van der Waals surface area (Å²) < 4.78 is 0. The highest BCUT2D eigenvalue weighted by Gasteiger charge is 2.39. The zero-order chi connectivity index (χ0) is 15.9. The Hall–Kier alpha value is -2.63. The number of H-pyrrole nitrogens is 1. The monoisotopic (exact) mass is 300 g/mol. The summed E-state index contributed by atoms with van der Waals surface area (Å²) in [4.78, 5) is 39.7. The van der Waals surface area contributed by atoms with Crippen molar-refractivity contribution in [1.29, 1.82) is 0 Å². The largest absolute Gasteiger partial charge is 0.480 e. The quantitative estimate of drug-likeness (QED) is 0.897. The van der Waals surface area contributed by atoms with Crippen LogP contribution < -0.4 is 5.56 Å². The van der Waals surface area contributed by atoms with E-state index < -0.39 is 12.0 Å². The average Bonchev–Trinajstić information content (AvgIpc) is 3.31. The summed E-state index contributed by atoms with van der Waals surface area (Å²) in [6.07, 6.45) is 1.62. The molecule has 0 bridgehead atoms. The number of carbonyl (C=O) groups excluding carboxylic acids is 1. The SMILES string of the molecule is CC(C(=O)O)N(C(=O)c1cccc2ccc(=O)[nH]c12)C1CC1. The number of aromatic amines is 1. The second-order valence-electron chi connectivity index (χ2n) is 5.55. The molecule has 2 N–H and O–H groups in total. The number of carboxylic acids is 1. The molecule has 1 amide bonds. The molecule has 3 rings (SSSR count). The van der Waals surface area contributed by atoms with Crippen LogP contribution in [0.2, 0.25) is 0 Å². The van der Waals surface area contributed by atoms with Crippen molar-refractivity contribution >= 4 is 22.8 Å². The van der Waals surface area contributed by atoms with Crippen molar-refractivity contribution < 1.29 is 14.7 Å². The van der Waals surface area contributed by atoms with Gasteiger partial charge < -0.3 is 15.0 Å². The topological polar surface area (TPSA) is 90.5 Å². The van der Waals surface area contributed by atoms with Gasteiger partial charge >= 0.3 is 5.97 Å². The molecule has 6 heteroatoms. The Labute approximate surface area is 126 Å². The number of aromatic nitrogens is 1. The molecule has 0 spiro atoms. The van der Waals surface area contributed by atoms with Gasteiger partial charge in [0.05, 0.1) is 11.1 Å². The molecule has 1 saturated carbocycles. The van der Waals surface area contributed by atoms with Crippen molar-refractivity contribution in [3.63, 3.8) is 0 Å². The molecule has 2 aromatic rings. The first-order valence-electron chi connectivity index (χ1n) is 7.16. The van der Waals surface area contributed by atoms with Gasteiger partial charge in [0.1, 0.15) is 6.04 Å². The van der Waals surface area contributed by atoms with Crippen LogP contribution in [0, 0.1) is 0 Å². The predicted octanol–water partition coefficient (Wildman–Crippen LogP) is 1.61.